The van der Waals surface area contributed by atoms with Crippen LogP contribution in [0.25, 0.3) is 0 Å². The number of carbonyl (C=O) groups excluding carboxylic acids is 1. The molecule has 1 amide bonds. The van der Waals surface area contributed by atoms with Crippen LogP contribution < -0.4 is 11.1 Å². The van der Waals surface area contributed by atoms with Crippen molar-refractivity contribution in [1.82, 2.24) is 4.98 Å². The highest BCUT2D eigenvalue weighted by molar-refractivity contribution is 7.11. The highest BCUT2D eigenvalue weighted by Gasteiger charge is 2.08. The number of nitrogens with one attached hydrogen (secondary N) is 1. The number of hydrogen-bond acceptors (Lipinski definition) is 4. The van der Waals surface area contributed by atoms with E-state index in [9.17, 15) is 9.18 Å². The lowest BCUT2D eigenvalue weighted by molar-refractivity contribution is 0.0996. The number of amides is 1. The molecule has 3 N–H and O–H groups in total. The Hall–Kier alpha value is -1.95. The molecule has 1 heterocycles. The van der Waals surface area contributed by atoms with Crippen LogP contribution in [0.1, 0.15) is 20.2 Å². The minimum Gasteiger partial charge on any atom is -0.380 e. The summed E-state index contributed by atoms with van der Waals surface area (Å²) in [5, 5.41) is 4.08. The number of nitrogens with two attached hydrogens (primary N) is 1. The van der Waals surface area contributed by atoms with Crippen molar-refractivity contribution in [2.75, 3.05) is 5.32 Å². The molecule has 0 saturated heterocycles. The van der Waals surface area contributed by atoms with Gasteiger partial charge in [0.05, 0.1) is 17.1 Å². The SMILES string of the molecule is Cc1ncc(CNc2ccc(F)c(C(N)=O)c2)s1. The summed E-state index contributed by atoms with van der Waals surface area (Å²) in [5.74, 6) is -1.38. The molecule has 0 aliphatic carbocycles. The second-order valence-corrected chi connectivity index (χ2v) is 5.08. The predicted molar refractivity (Wildman–Crippen MR) is 69.1 cm³/mol. The van der Waals surface area contributed by atoms with Gasteiger partial charge in [-0.05, 0) is 25.1 Å². The minimum absolute atomic E-state index is 0.111. The molecule has 0 saturated carbocycles. The van der Waals surface area contributed by atoms with Gasteiger partial charge in [0.2, 0.25) is 0 Å². The maximum absolute atomic E-state index is 13.3. The molecule has 2 rings (SSSR count). The molecule has 0 fully saturated rings. The van der Waals surface area contributed by atoms with E-state index < -0.39 is 11.7 Å². The highest BCUT2D eigenvalue weighted by Crippen LogP contribution is 2.17. The van der Waals surface area contributed by atoms with Gasteiger partial charge in [-0.25, -0.2) is 9.37 Å². The summed E-state index contributed by atoms with van der Waals surface area (Å²) >= 11 is 1.58. The van der Waals surface area contributed by atoms with Gasteiger partial charge in [0.25, 0.3) is 5.91 Å². The van der Waals surface area contributed by atoms with E-state index in [1.807, 2.05) is 6.92 Å². The van der Waals surface area contributed by atoms with Crippen molar-refractivity contribution in [3.63, 3.8) is 0 Å². The first kappa shape index (κ1) is 12.5. The Morgan fingerprint density at radius 3 is 2.94 bits per heavy atom. The van der Waals surface area contributed by atoms with Crippen LogP contribution in [0.4, 0.5) is 10.1 Å². The molecule has 1 aromatic heterocycles. The largest absolute Gasteiger partial charge is 0.380 e. The third-order valence-electron chi connectivity index (χ3n) is 2.37. The smallest absolute Gasteiger partial charge is 0.251 e. The molecule has 0 bridgehead atoms. The van der Waals surface area contributed by atoms with E-state index in [1.54, 1.807) is 23.6 Å². The van der Waals surface area contributed by atoms with Gasteiger partial charge < -0.3 is 11.1 Å². The number of rotatable bonds is 4. The second-order valence-electron chi connectivity index (χ2n) is 3.76. The summed E-state index contributed by atoms with van der Waals surface area (Å²) in [6, 6.07) is 4.20. The second kappa shape index (κ2) is 5.14. The van der Waals surface area contributed by atoms with Gasteiger partial charge >= 0.3 is 0 Å². The van der Waals surface area contributed by atoms with Crippen LogP contribution in [0, 0.1) is 12.7 Å². The predicted octanol–water partition coefficient (Wildman–Crippen LogP) is 2.30. The number of nitrogens with zero attached hydrogens (tertiary/aromatic N) is 1. The third kappa shape index (κ3) is 2.84. The monoisotopic (exact) mass is 265 g/mol. The number of aromatic nitrogens is 1. The Morgan fingerprint density at radius 2 is 2.33 bits per heavy atom. The van der Waals surface area contributed by atoms with Gasteiger partial charge in [0.15, 0.2) is 0 Å². The average Bonchev–Trinajstić information content (AvgIpc) is 2.74. The van der Waals surface area contributed by atoms with Crippen LogP contribution in [0.5, 0.6) is 0 Å². The number of carbonyl (C=O) groups is 1. The van der Waals surface area contributed by atoms with Crippen molar-refractivity contribution in [3.8, 4) is 0 Å². The first-order valence-corrected chi connectivity index (χ1v) is 6.12. The minimum atomic E-state index is -0.773. The van der Waals surface area contributed by atoms with Crippen molar-refractivity contribution in [2.24, 2.45) is 5.73 Å². The van der Waals surface area contributed by atoms with Crippen LogP contribution >= 0.6 is 11.3 Å². The van der Waals surface area contributed by atoms with Crippen LogP contribution in [-0.4, -0.2) is 10.9 Å². The Kier molecular flexibility index (Phi) is 3.57. The molecule has 0 aliphatic rings. The van der Waals surface area contributed by atoms with Crippen molar-refractivity contribution in [2.45, 2.75) is 13.5 Å². The lowest BCUT2D eigenvalue weighted by atomic mass is 10.2. The Bertz CT molecular complexity index is 582. The summed E-state index contributed by atoms with van der Waals surface area (Å²) in [5.41, 5.74) is 5.62. The first-order valence-electron chi connectivity index (χ1n) is 5.31. The molecule has 1 aromatic carbocycles. The van der Waals surface area contributed by atoms with E-state index in [-0.39, 0.29) is 5.56 Å². The Morgan fingerprint density at radius 1 is 1.56 bits per heavy atom. The average molecular weight is 265 g/mol. The van der Waals surface area contributed by atoms with Gasteiger partial charge in [-0.3, -0.25) is 4.79 Å². The fraction of sp³-hybridized carbons (Fsp3) is 0.167. The van der Waals surface area contributed by atoms with Gasteiger partial charge in [0.1, 0.15) is 5.82 Å². The van der Waals surface area contributed by atoms with E-state index in [0.717, 1.165) is 9.88 Å². The number of aryl methyl sites for hydroxylation is 1. The maximum atomic E-state index is 13.3. The lowest BCUT2D eigenvalue weighted by Gasteiger charge is -2.06. The zero-order chi connectivity index (χ0) is 13.1. The van der Waals surface area contributed by atoms with E-state index in [2.05, 4.69) is 10.3 Å². The molecule has 94 valence electrons. The summed E-state index contributed by atoms with van der Waals surface area (Å²) in [6.07, 6.45) is 1.78. The Balaban J connectivity index is 2.10. The van der Waals surface area contributed by atoms with Gasteiger partial charge in [0, 0.05) is 16.8 Å². The van der Waals surface area contributed by atoms with Crippen molar-refractivity contribution in [1.29, 1.82) is 0 Å². The van der Waals surface area contributed by atoms with Gasteiger partial charge in [-0.15, -0.1) is 11.3 Å². The molecule has 0 atom stereocenters. The summed E-state index contributed by atoms with van der Waals surface area (Å²) < 4.78 is 13.3. The highest BCUT2D eigenvalue weighted by atomic mass is 32.1. The normalized spacial score (nSPS) is 10.3. The van der Waals surface area contributed by atoms with Gasteiger partial charge in [-0.2, -0.15) is 0 Å². The zero-order valence-electron chi connectivity index (χ0n) is 9.74. The molecule has 0 unspecified atom stereocenters. The van der Waals surface area contributed by atoms with Crippen LogP contribution in [-0.2, 0) is 6.54 Å². The zero-order valence-corrected chi connectivity index (χ0v) is 10.6. The standard InChI is InChI=1S/C12H12FN3OS/c1-7-15-5-9(18-7)6-16-8-2-3-11(13)10(4-8)12(14)17/h2-5,16H,6H2,1H3,(H2,14,17). The molecule has 18 heavy (non-hydrogen) atoms. The fourth-order valence-corrected chi connectivity index (χ4v) is 2.23. The van der Waals surface area contributed by atoms with E-state index in [0.29, 0.717) is 12.2 Å². The molecular weight excluding hydrogens is 253 g/mol. The number of thiazole rings is 1. The number of hydrogen-bond donors (Lipinski definition) is 2. The fourth-order valence-electron chi connectivity index (χ4n) is 1.50. The van der Waals surface area contributed by atoms with Crippen molar-refractivity contribution in [3.05, 3.63) is 45.7 Å². The van der Waals surface area contributed by atoms with E-state index >= 15 is 0 Å². The quantitative estimate of drug-likeness (QED) is 0.891. The lowest BCUT2D eigenvalue weighted by Crippen LogP contribution is -2.13. The van der Waals surface area contributed by atoms with Crippen molar-refractivity contribution < 1.29 is 9.18 Å². The van der Waals surface area contributed by atoms with E-state index in [4.69, 9.17) is 5.73 Å². The van der Waals surface area contributed by atoms with Crippen LogP contribution in [0.2, 0.25) is 0 Å². The molecule has 0 spiro atoms. The number of primary amides is 1. The van der Waals surface area contributed by atoms with Gasteiger partial charge in [-0.1, -0.05) is 0 Å². The number of benzene rings is 1. The third-order valence-corrected chi connectivity index (χ3v) is 3.28. The summed E-state index contributed by atoms with van der Waals surface area (Å²) in [6.45, 7) is 2.51. The molecule has 4 nitrogen and oxygen atoms in total. The maximum Gasteiger partial charge on any atom is 0.251 e. The molecular formula is C12H12FN3OS. The number of halogens is 1. The topological polar surface area (TPSA) is 68.0 Å². The summed E-state index contributed by atoms with van der Waals surface area (Å²) in [4.78, 5) is 16.2. The van der Waals surface area contributed by atoms with Crippen molar-refractivity contribution >= 4 is 22.9 Å². The molecule has 0 aliphatic heterocycles. The first-order chi connectivity index (χ1) is 8.56. The van der Waals surface area contributed by atoms with Crippen LogP contribution in [0.15, 0.2) is 24.4 Å². The van der Waals surface area contributed by atoms with E-state index in [1.165, 1.54) is 12.1 Å². The molecule has 0 radical (unpaired) electrons. The summed E-state index contributed by atoms with van der Waals surface area (Å²) in [7, 11) is 0. The van der Waals surface area contributed by atoms with Crippen LogP contribution in [0.3, 0.4) is 0 Å². The Labute approximate surface area is 108 Å². The molecule has 6 heteroatoms. The number of anilines is 1. The molecule has 2 aromatic rings.